The first-order valence-corrected chi connectivity index (χ1v) is 5.79. The van der Waals surface area contributed by atoms with Crippen LogP contribution in [-0.2, 0) is 0 Å². The molecule has 0 aliphatic rings. The summed E-state index contributed by atoms with van der Waals surface area (Å²) in [4.78, 5) is 12.0. The van der Waals surface area contributed by atoms with Crippen molar-refractivity contribution in [1.82, 2.24) is 0 Å². The molecule has 1 aromatic heterocycles. The average Bonchev–Trinajstić information content (AvgIpc) is 2.55. The molecule has 68 valence electrons. The van der Waals surface area contributed by atoms with Crippen LogP contribution in [0.2, 0.25) is 0 Å². The van der Waals surface area contributed by atoms with Gasteiger partial charge in [0.2, 0.25) is 0 Å². The molecule has 0 unspecified atom stereocenters. The summed E-state index contributed by atoms with van der Waals surface area (Å²) < 4.78 is 0. The molecule has 0 fully saturated rings. The maximum absolute atomic E-state index is 12.0. The van der Waals surface area contributed by atoms with Crippen molar-refractivity contribution in [1.29, 1.82) is 0 Å². The predicted molar refractivity (Wildman–Crippen MR) is 59.6 cm³/mol. The van der Waals surface area contributed by atoms with Gasteiger partial charge in [0.25, 0.3) is 0 Å². The van der Waals surface area contributed by atoms with E-state index >= 15 is 0 Å². The summed E-state index contributed by atoms with van der Waals surface area (Å²) in [6, 6.07) is 15.8. The average molecular weight is 222 g/mol. The van der Waals surface area contributed by atoms with Crippen LogP contribution in [-0.4, -0.2) is 0 Å². The van der Waals surface area contributed by atoms with Crippen molar-refractivity contribution in [2.75, 3.05) is 0 Å². The van der Waals surface area contributed by atoms with Crippen molar-refractivity contribution in [3.05, 3.63) is 48.5 Å². The van der Waals surface area contributed by atoms with E-state index in [1.807, 2.05) is 48.5 Å². The van der Waals surface area contributed by atoms with E-state index in [2.05, 4.69) is 0 Å². The smallest absolute Gasteiger partial charge is 0.807 e. The van der Waals surface area contributed by atoms with Gasteiger partial charge < -0.3 is 4.89 Å². The number of fused-ring (bicyclic) bond motifs is 3. The van der Waals surface area contributed by atoms with E-state index in [1.165, 1.54) is 0 Å². The molecule has 0 aliphatic heterocycles. The van der Waals surface area contributed by atoms with E-state index in [9.17, 15) is 4.89 Å². The van der Waals surface area contributed by atoms with Gasteiger partial charge in [0.05, 0.1) is 0 Å². The Bertz CT molecular complexity index is 562. The van der Waals surface area contributed by atoms with E-state index in [0.717, 1.165) is 21.0 Å². The van der Waals surface area contributed by atoms with Crippen LogP contribution in [0.3, 0.4) is 0 Å². The van der Waals surface area contributed by atoms with Crippen molar-refractivity contribution in [2.24, 2.45) is 0 Å². The van der Waals surface area contributed by atoms with Gasteiger partial charge >= 0.3 is 29.6 Å². The van der Waals surface area contributed by atoms with Gasteiger partial charge in [0.15, 0.2) is 0 Å². The monoisotopic (exact) mass is 222 g/mol. The van der Waals surface area contributed by atoms with E-state index in [0.29, 0.717) is 0 Å². The molecular formula is C12H8NaOP. The van der Waals surface area contributed by atoms with Crippen LogP contribution in [0.1, 0.15) is 0 Å². The minimum Gasteiger partial charge on any atom is -0.807 e. The zero-order valence-electron chi connectivity index (χ0n) is 8.47. The van der Waals surface area contributed by atoms with Crippen LogP contribution in [0, 0.1) is 0 Å². The number of hydrogen-bond donors (Lipinski definition) is 0. The molecule has 3 aromatic rings. The van der Waals surface area contributed by atoms with Crippen molar-refractivity contribution < 1.29 is 34.5 Å². The third-order valence-corrected chi connectivity index (χ3v) is 4.19. The molecule has 2 aromatic carbocycles. The molecule has 3 rings (SSSR count). The molecule has 1 nitrogen and oxygen atoms in total. The van der Waals surface area contributed by atoms with Gasteiger partial charge in [-0.25, -0.2) is 0 Å². The van der Waals surface area contributed by atoms with Crippen LogP contribution in [0.4, 0.5) is 0 Å². The topological polar surface area (TPSA) is 23.1 Å². The largest absolute Gasteiger partial charge is 1.00 e. The molecule has 0 saturated carbocycles. The summed E-state index contributed by atoms with van der Waals surface area (Å²) in [6.45, 7) is 0. The summed E-state index contributed by atoms with van der Waals surface area (Å²) >= 11 is 0. The number of rotatable bonds is 0. The fraction of sp³-hybridized carbons (Fsp3) is 0. The molecule has 0 atom stereocenters. The van der Waals surface area contributed by atoms with Gasteiger partial charge in [-0.05, 0) is 21.0 Å². The Balaban J connectivity index is 0.000000853. The minimum atomic E-state index is -1.35. The minimum absolute atomic E-state index is 0. The third-order valence-electron chi connectivity index (χ3n) is 2.54. The predicted octanol–water partition coefficient (Wildman–Crippen LogP) is 0.107. The summed E-state index contributed by atoms with van der Waals surface area (Å²) in [5, 5.41) is 4.21. The first-order chi connectivity index (χ1) is 6.88. The Labute approximate surface area is 111 Å². The maximum Gasteiger partial charge on any atom is 1.00 e. The summed E-state index contributed by atoms with van der Waals surface area (Å²) in [6.07, 6.45) is 0. The van der Waals surface area contributed by atoms with Crippen LogP contribution in [0.25, 0.3) is 21.0 Å². The van der Waals surface area contributed by atoms with Crippen LogP contribution < -0.4 is 34.5 Å². The van der Waals surface area contributed by atoms with Gasteiger partial charge in [-0.3, -0.25) is 0 Å². The molecule has 3 heteroatoms. The molecular weight excluding hydrogens is 214 g/mol. The standard InChI is InChI=1S/C12H8OP.Na/c13-14-11-7-3-1-5-9(11)10-6-2-4-8-12(10)14;/h1-8H;/q-1;+1. The third kappa shape index (κ3) is 1.65. The van der Waals surface area contributed by atoms with Crippen molar-refractivity contribution in [2.45, 2.75) is 0 Å². The molecule has 0 amide bonds. The van der Waals surface area contributed by atoms with Crippen molar-refractivity contribution in [3.63, 3.8) is 0 Å². The van der Waals surface area contributed by atoms with E-state index in [4.69, 9.17) is 0 Å². The van der Waals surface area contributed by atoms with Gasteiger partial charge in [0, 0.05) is 0 Å². The van der Waals surface area contributed by atoms with Gasteiger partial charge in [-0.15, -0.1) is 0 Å². The fourth-order valence-corrected chi connectivity index (χ4v) is 3.42. The van der Waals surface area contributed by atoms with Crippen molar-refractivity contribution in [3.8, 4) is 0 Å². The Morgan fingerprint density at radius 3 is 1.60 bits per heavy atom. The molecule has 0 bridgehead atoms. The molecule has 15 heavy (non-hydrogen) atoms. The summed E-state index contributed by atoms with van der Waals surface area (Å²) in [5.41, 5.74) is 0. The maximum atomic E-state index is 12.0. The van der Waals surface area contributed by atoms with Gasteiger partial charge in [0.1, 0.15) is 0 Å². The molecule has 1 heterocycles. The molecule has 0 spiro atoms. The summed E-state index contributed by atoms with van der Waals surface area (Å²) in [5.74, 6) is 0. The van der Waals surface area contributed by atoms with E-state index in [1.54, 1.807) is 0 Å². The zero-order chi connectivity index (χ0) is 9.54. The Kier molecular flexibility index (Phi) is 3.20. The Morgan fingerprint density at radius 1 is 0.733 bits per heavy atom. The second-order valence-corrected chi connectivity index (χ2v) is 4.88. The van der Waals surface area contributed by atoms with Gasteiger partial charge in [-0.1, -0.05) is 48.5 Å². The number of hydrogen-bond acceptors (Lipinski definition) is 1. The van der Waals surface area contributed by atoms with Gasteiger partial charge in [-0.2, -0.15) is 7.76 Å². The molecule has 0 radical (unpaired) electrons. The molecule has 0 N–H and O–H groups in total. The van der Waals surface area contributed by atoms with E-state index < -0.39 is 7.76 Å². The van der Waals surface area contributed by atoms with Crippen molar-refractivity contribution >= 4 is 28.8 Å². The van der Waals surface area contributed by atoms with Crippen LogP contribution in [0.15, 0.2) is 48.5 Å². The second-order valence-electron chi connectivity index (χ2n) is 3.33. The van der Waals surface area contributed by atoms with Crippen LogP contribution >= 0.6 is 7.76 Å². The first kappa shape index (κ1) is 11.2. The van der Waals surface area contributed by atoms with Crippen LogP contribution in [0.5, 0.6) is 0 Å². The molecule has 0 aliphatic carbocycles. The SMILES string of the molecule is [Na+].[O-]p1c2ccccc2c2ccccc21. The Hall–Kier alpha value is -0.300. The quantitative estimate of drug-likeness (QED) is 0.495. The van der Waals surface area contributed by atoms with E-state index in [-0.39, 0.29) is 29.6 Å². The normalized spacial score (nSPS) is 10.5. The Morgan fingerprint density at radius 2 is 1.13 bits per heavy atom. The fourth-order valence-electron chi connectivity index (χ4n) is 1.89. The zero-order valence-corrected chi connectivity index (χ0v) is 11.4. The molecule has 0 saturated heterocycles. The first-order valence-electron chi connectivity index (χ1n) is 4.53. The second kappa shape index (κ2) is 4.29. The summed E-state index contributed by atoms with van der Waals surface area (Å²) in [7, 11) is -1.35. The number of benzene rings is 2.